The average Bonchev–Trinajstić information content (AvgIpc) is 2.83. The Morgan fingerprint density at radius 3 is 3.00 bits per heavy atom. The largest absolute Gasteiger partial charge is 0.367 e. The molecule has 0 aliphatic carbocycles. The van der Waals surface area contributed by atoms with E-state index in [1.807, 2.05) is 11.8 Å². The summed E-state index contributed by atoms with van der Waals surface area (Å²) < 4.78 is 0. The molecular weight excluding hydrogens is 356 g/mol. The van der Waals surface area contributed by atoms with Crippen LogP contribution in [-0.2, 0) is 5.75 Å². The topological polar surface area (TPSA) is 15.3 Å². The summed E-state index contributed by atoms with van der Waals surface area (Å²) in [5.41, 5.74) is 8.94. The van der Waals surface area contributed by atoms with Crippen LogP contribution in [0.1, 0.15) is 29.0 Å². The number of benzene rings is 2. The number of hydrogen-bond acceptors (Lipinski definition) is 4. The molecule has 0 bridgehead atoms. The summed E-state index contributed by atoms with van der Waals surface area (Å²) in [6, 6.07) is 12.6. The van der Waals surface area contributed by atoms with Crippen molar-refractivity contribution in [2.45, 2.75) is 36.0 Å². The van der Waals surface area contributed by atoms with E-state index >= 15 is 0 Å². The van der Waals surface area contributed by atoms with Crippen LogP contribution < -0.4 is 10.2 Å². The predicted octanol–water partition coefficient (Wildman–Crippen LogP) is 4.90. The van der Waals surface area contributed by atoms with Crippen LogP contribution in [0.25, 0.3) is 11.1 Å². The molecule has 2 nitrogen and oxygen atoms in total. The molecule has 1 saturated heterocycles. The summed E-state index contributed by atoms with van der Waals surface area (Å²) in [4.78, 5) is 4.10. The van der Waals surface area contributed by atoms with Crippen molar-refractivity contribution in [3.8, 4) is 11.1 Å². The SMILES string of the molecule is CSc1ccc(-c2cc3c4c(c2)[C@@H]2CNCC[C@@H]2N4CCSC3)c(C)c1. The molecule has 0 saturated carbocycles. The van der Waals surface area contributed by atoms with Gasteiger partial charge in [-0.05, 0) is 78.2 Å². The number of nitrogens with zero attached hydrogens (tertiary/aromatic N) is 1. The number of thioether (sulfide) groups is 2. The standard InChI is InChI=1S/C22H26N2S2/c1-14-9-17(25-2)3-4-18(14)15-10-16-13-26-8-7-24-21-5-6-23-12-20(21)19(11-15)22(16)24/h3-4,9-11,20-21,23H,5-8,12-13H2,1-2H3/t20-,21-/m0/s1. The lowest BCUT2D eigenvalue weighted by Crippen LogP contribution is -2.44. The molecule has 0 amide bonds. The molecule has 3 aliphatic rings. The summed E-state index contributed by atoms with van der Waals surface area (Å²) in [7, 11) is 0. The highest BCUT2D eigenvalue weighted by Crippen LogP contribution is 2.49. The Kier molecular flexibility index (Phi) is 4.46. The zero-order valence-electron chi connectivity index (χ0n) is 15.5. The van der Waals surface area contributed by atoms with E-state index < -0.39 is 0 Å². The zero-order chi connectivity index (χ0) is 17.7. The second-order valence-electron chi connectivity index (χ2n) is 7.67. The predicted molar refractivity (Wildman–Crippen MR) is 116 cm³/mol. The number of nitrogens with one attached hydrogen (secondary N) is 1. The van der Waals surface area contributed by atoms with E-state index in [-0.39, 0.29) is 0 Å². The number of rotatable bonds is 2. The molecule has 0 unspecified atom stereocenters. The first-order valence-corrected chi connectivity index (χ1v) is 12.0. The lowest BCUT2D eigenvalue weighted by atomic mass is 9.87. The van der Waals surface area contributed by atoms with Crippen molar-refractivity contribution in [2.24, 2.45) is 0 Å². The summed E-state index contributed by atoms with van der Waals surface area (Å²) in [5.74, 6) is 3.06. The molecule has 4 heteroatoms. The number of fused-ring (bicyclic) bond motifs is 3. The van der Waals surface area contributed by atoms with E-state index in [1.54, 1.807) is 16.8 Å². The molecule has 2 aromatic rings. The van der Waals surface area contributed by atoms with Crippen LogP contribution in [0.5, 0.6) is 0 Å². The van der Waals surface area contributed by atoms with Crippen LogP contribution in [0, 0.1) is 6.92 Å². The van der Waals surface area contributed by atoms with Gasteiger partial charge in [-0.15, -0.1) is 11.8 Å². The normalized spacial score (nSPS) is 24.2. The first kappa shape index (κ1) is 17.0. The molecule has 26 heavy (non-hydrogen) atoms. The molecule has 3 aliphatic heterocycles. The fourth-order valence-corrected chi connectivity index (χ4v) is 6.44. The van der Waals surface area contributed by atoms with Gasteiger partial charge in [-0.2, -0.15) is 11.8 Å². The number of piperidine rings is 1. The van der Waals surface area contributed by atoms with Gasteiger partial charge in [0.25, 0.3) is 0 Å². The number of anilines is 1. The van der Waals surface area contributed by atoms with Gasteiger partial charge in [0.1, 0.15) is 0 Å². The van der Waals surface area contributed by atoms with Crippen molar-refractivity contribution in [3.05, 3.63) is 47.0 Å². The Balaban J connectivity index is 1.66. The molecule has 0 aromatic heterocycles. The maximum atomic E-state index is 3.65. The summed E-state index contributed by atoms with van der Waals surface area (Å²) in [6.07, 6.45) is 3.43. The van der Waals surface area contributed by atoms with Gasteiger partial charge in [-0.3, -0.25) is 0 Å². The molecule has 0 radical (unpaired) electrons. The quantitative estimate of drug-likeness (QED) is 0.743. The maximum Gasteiger partial charge on any atom is 0.0447 e. The van der Waals surface area contributed by atoms with Gasteiger partial charge >= 0.3 is 0 Å². The van der Waals surface area contributed by atoms with Crippen molar-refractivity contribution in [1.29, 1.82) is 0 Å². The van der Waals surface area contributed by atoms with E-state index in [4.69, 9.17) is 0 Å². The smallest absolute Gasteiger partial charge is 0.0447 e. The minimum absolute atomic E-state index is 0.659. The third-order valence-corrected chi connectivity index (χ3v) is 7.94. The highest BCUT2D eigenvalue weighted by Gasteiger charge is 2.41. The van der Waals surface area contributed by atoms with Gasteiger partial charge in [-0.25, -0.2) is 0 Å². The molecule has 1 N–H and O–H groups in total. The monoisotopic (exact) mass is 382 g/mol. The lowest BCUT2D eigenvalue weighted by molar-refractivity contribution is 0.406. The Labute approximate surface area is 165 Å². The van der Waals surface area contributed by atoms with Crippen LogP contribution >= 0.6 is 23.5 Å². The summed E-state index contributed by atoms with van der Waals surface area (Å²) in [5, 5.41) is 3.65. The van der Waals surface area contributed by atoms with Gasteiger partial charge in [0.2, 0.25) is 0 Å². The van der Waals surface area contributed by atoms with Crippen LogP contribution in [0.2, 0.25) is 0 Å². The Hall–Kier alpha value is -1.10. The summed E-state index contributed by atoms with van der Waals surface area (Å²) in [6.45, 7) is 5.77. The first-order valence-electron chi connectivity index (χ1n) is 9.63. The van der Waals surface area contributed by atoms with Crippen molar-refractivity contribution in [2.75, 3.05) is 36.5 Å². The fourth-order valence-electron chi connectivity index (χ4n) is 5.03. The lowest BCUT2D eigenvalue weighted by Gasteiger charge is -2.33. The van der Waals surface area contributed by atoms with E-state index in [0.717, 1.165) is 18.8 Å². The fraction of sp³-hybridized carbons (Fsp3) is 0.455. The van der Waals surface area contributed by atoms with Gasteiger partial charge in [-0.1, -0.05) is 6.07 Å². The van der Waals surface area contributed by atoms with E-state index in [1.165, 1.54) is 40.3 Å². The van der Waals surface area contributed by atoms with Crippen molar-refractivity contribution in [3.63, 3.8) is 0 Å². The molecule has 3 heterocycles. The maximum absolute atomic E-state index is 3.65. The first-order chi connectivity index (χ1) is 12.8. The highest BCUT2D eigenvalue weighted by atomic mass is 32.2. The highest BCUT2D eigenvalue weighted by molar-refractivity contribution is 7.98. The van der Waals surface area contributed by atoms with Gasteiger partial charge in [0.05, 0.1) is 0 Å². The minimum Gasteiger partial charge on any atom is -0.367 e. The molecular formula is C22H26N2S2. The van der Waals surface area contributed by atoms with Gasteiger partial charge in [0, 0.05) is 47.1 Å². The molecule has 0 spiro atoms. The molecule has 2 atom stereocenters. The molecule has 136 valence electrons. The number of aryl methyl sites for hydroxylation is 1. The van der Waals surface area contributed by atoms with Crippen LogP contribution in [0.3, 0.4) is 0 Å². The Bertz CT molecular complexity index is 848. The third-order valence-electron chi connectivity index (χ3n) is 6.23. The second kappa shape index (κ2) is 6.81. The third kappa shape index (κ3) is 2.69. The molecule has 5 rings (SSSR count). The van der Waals surface area contributed by atoms with E-state index in [0.29, 0.717) is 12.0 Å². The zero-order valence-corrected chi connectivity index (χ0v) is 17.2. The van der Waals surface area contributed by atoms with Crippen molar-refractivity contribution >= 4 is 29.2 Å². The van der Waals surface area contributed by atoms with Gasteiger partial charge < -0.3 is 10.2 Å². The number of hydrogen-bond donors (Lipinski definition) is 1. The second-order valence-corrected chi connectivity index (χ2v) is 9.65. The average molecular weight is 383 g/mol. The van der Waals surface area contributed by atoms with Crippen LogP contribution in [-0.4, -0.2) is 37.7 Å². The minimum atomic E-state index is 0.659. The van der Waals surface area contributed by atoms with Crippen LogP contribution in [0.4, 0.5) is 5.69 Å². The summed E-state index contributed by atoms with van der Waals surface area (Å²) >= 11 is 3.92. The van der Waals surface area contributed by atoms with Crippen molar-refractivity contribution < 1.29 is 0 Å². The Morgan fingerprint density at radius 1 is 1.23 bits per heavy atom. The van der Waals surface area contributed by atoms with Crippen molar-refractivity contribution in [1.82, 2.24) is 5.32 Å². The van der Waals surface area contributed by atoms with E-state index in [2.05, 4.69) is 65.5 Å². The molecule has 1 fully saturated rings. The van der Waals surface area contributed by atoms with E-state index in [9.17, 15) is 0 Å². The van der Waals surface area contributed by atoms with Gasteiger partial charge in [0.15, 0.2) is 0 Å². The Morgan fingerprint density at radius 2 is 2.15 bits per heavy atom. The molecule has 2 aromatic carbocycles. The van der Waals surface area contributed by atoms with Crippen LogP contribution in [0.15, 0.2) is 35.2 Å².